The molecule has 31 heavy (non-hydrogen) atoms. The third-order valence-corrected chi connectivity index (χ3v) is 4.24. The van der Waals surface area contributed by atoms with Gasteiger partial charge in [0.2, 0.25) is 0 Å². The van der Waals surface area contributed by atoms with Gasteiger partial charge in [-0.05, 0) is 12.8 Å². The zero-order chi connectivity index (χ0) is 23.5. The van der Waals surface area contributed by atoms with Gasteiger partial charge in [0.15, 0.2) is 0 Å². The summed E-state index contributed by atoms with van der Waals surface area (Å²) in [5, 5.41) is 5.36. The third kappa shape index (κ3) is 16.1. The van der Waals surface area contributed by atoms with Gasteiger partial charge in [0.05, 0.1) is 0 Å². The Morgan fingerprint density at radius 2 is 1.39 bits per heavy atom. The van der Waals surface area contributed by atoms with Gasteiger partial charge in [-0.15, -0.1) is 0 Å². The molecule has 11 heteroatoms. The van der Waals surface area contributed by atoms with E-state index in [2.05, 4.69) is 10.6 Å². The van der Waals surface area contributed by atoms with Crippen LogP contribution in [0.4, 0.5) is 14.4 Å². The summed E-state index contributed by atoms with van der Waals surface area (Å²) in [7, 11) is 3.17. The van der Waals surface area contributed by atoms with Crippen LogP contribution in [0.25, 0.3) is 0 Å². The number of nitrogens with two attached hydrogens (primary N) is 1. The average molecular weight is 448 g/mol. The van der Waals surface area contributed by atoms with Crippen LogP contribution in [-0.2, 0) is 14.2 Å². The first-order valence-electron chi connectivity index (χ1n) is 11.0. The van der Waals surface area contributed by atoms with Crippen LogP contribution in [0, 0.1) is 0 Å². The van der Waals surface area contributed by atoms with Gasteiger partial charge in [0.25, 0.3) is 0 Å². The second kappa shape index (κ2) is 18.5. The minimum absolute atomic E-state index is 0.132. The number of carbonyl (C=O) groups is 3. The Hall–Kier alpha value is -2.27. The van der Waals surface area contributed by atoms with Crippen molar-refractivity contribution in [1.29, 1.82) is 0 Å². The van der Waals surface area contributed by atoms with E-state index in [-0.39, 0.29) is 19.8 Å². The van der Waals surface area contributed by atoms with Gasteiger partial charge in [0, 0.05) is 53.4 Å². The number of ether oxygens (including phenoxy) is 3. The van der Waals surface area contributed by atoms with Gasteiger partial charge in [-0.3, -0.25) is 4.90 Å². The zero-order valence-corrected chi connectivity index (χ0v) is 19.5. The number of rotatable bonds is 16. The number of unbranched alkanes of at least 4 members (excludes halogenated alkanes) is 2. The molecular formula is C20H41N5O6. The summed E-state index contributed by atoms with van der Waals surface area (Å²) in [4.78, 5) is 38.4. The molecule has 0 aromatic carbocycles. The summed E-state index contributed by atoms with van der Waals surface area (Å²) in [6, 6.07) is 0. The predicted octanol–water partition coefficient (Wildman–Crippen LogP) is 1.37. The van der Waals surface area contributed by atoms with E-state index < -0.39 is 24.4 Å². The standard InChI is InChI=1S/C20H41N5O6/c1-5-7-9-22-18(26)29-13-11-25(12-14-30-19(27)23-10-8-6-2)16-17(15-21)31-20(28)24(3)4/h17H,5-16,21H2,1-4H3,(H,22,26)(H,23,27). The van der Waals surface area contributed by atoms with Crippen molar-refractivity contribution in [2.45, 2.75) is 45.6 Å². The highest BCUT2D eigenvalue weighted by Crippen LogP contribution is 2.01. The van der Waals surface area contributed by atoms with Crippen molar-refractivity contribution in [1.82, 2.24) is 20.4 Å². The van der Waals surface area contributed by atoms with E-state index in [4.69, 9.17) is 19.9 Å². The van der Waals surface area contributed by atoms with Crippen molar-refractivity contribution in [3.8, 4) is 0 Å². The van der Waals surface area contributed by atoms with E-state index in [1.54, 1.807) is 14.1 Å². The molecule has 1 atom stereocenters. The van der Waals surface area contributed by atoms with Crippen LogP contribution in [0.5, 0.6) is 0 Å². The maximum absolute atomic E-state index is 11.8. The summed E-state index contributed by atoms with van der Waals surface area (Å²) in [6.07, 6.45) is 1.73. The normalized spacial score (nSPS) is 11.5. The van der Waals surface area contributed by atoms with Gasteiger partial charge < -0.3 is 35.5 Å². The molecule has 182 valence electrons. The van der Waals surface area contributed by atoms with Crippen molar-refractivity contribution in [3.63, 3.8) is 0 Å². The Morgan fingerprint density at radius 1 is 0.903 bits per heavy atom. The first kappa shape index (κ1) is 28.7. The molecule has 0 bridgehead atoms. The van der Waals surface area contributed by atoms with Crippen LogP contribution in [0.15, 0.2) is 0 Å². The molecule has 0 aliphatic heterocycles. The lowest BCUT2D eigenvalue weighted by atomic mass is 10.3. The fraction of sp³-hybridized carbons (Fsp3) is 0.850. The molecule has 0 aliphatic rings. The van der Waals surface area contributed by atoms with E-state index in [1.165, 1.54) is 4.90 Å². The topological polar surface area (TPSA) is 135 Å². The van der Waals surface area contributed by atoms with E-state index in [0.29, 0.717) is 32.7 Å². The molecule has 0 aromatic heterocycles. The maximum atomic E-state index is 11.8. The highest BCUT2D eigenvalue weighted by molar-refractivity contribution is 5.67. The Bertz CT molecular complexity index is 478. The second-order valence-electron chi connectivity index (χ2n) is 7.27. The predicted molar refractivity (Wildman–Crippen MR) is 118 cm³/mol. The molecule has 0 spiro atoms. The Morgan fingerprint density at radius 3 is 1.77 bits per heavy atom. The fourth-order valence-electron chi connectivity index (χ4n) is 2.36. The number of nitrogens with zero attached hydrogens (tertiary/aromatic N) is 2. The minimum Gasteiger partial charge on any atom is -0.448 e. The monoisotopic (exact) mass is 447 g/mol. The highest BCUT2D eigenvalue weighted by atomic mass is 16.6. The van der Waals surface area contributed by atoms with E-state index in [9.17, 15) is 14.4 Å². The van der Waals surface area contributed by atoms with Crippen LogP contribution in [0.1, 0.15) is 39.5 Å². The van der Waals surface area contributed by atoms with Gasteiger partial charge in [0.1, 0.15) is 19.3 Å². The smallest absolute Gasteiger partial charge is 0.409 e. The Kier molecular flexibility index (Phi) is 17.1. The number of amides is 3. The quantitative estimate of drug-likeness (QED) is 0.238. The summed E-state index contributed by atoms with van der Waals surface area (Å²) >= 11 is 0. The molecule has 0 saturated carbocycles. The van der Waals surface area contributed by atoms with Crippen molar-refractivity contribution in [2.75, 3.05) is 66.6 Å². The molecule has 1 unspecified atom stereocenters. The van der Waals surface area contributed by atoms with Gasteiger partial charge >= 0.3 is 18.3 Å². The largest absolute Gasteiger partial charge is 0.448 e. The second-order valence-corrected chi connectivity index (χ2v) is 7.27. The first-order chi connectivity index (χ1) is 14.8. The molecule has 0 heterocycles. The molecule has 4 N–H and O–H groups in total. The van der Waals surface area contributed by atoms with Crippen LogP contribution in [0.2, 0.25) is 0 Å². The summed E-state index contributed by atoms with van der Waals surface area (Å²) in [5.74, 6) is 0. The van der Waals surface area contributed by atoms with Crippen molar-refractivity contribution in [3.05, 3.63) is 0 Å². The maximum Gasteiger partial charge on any atom is 0.409 e. The van der Waals surface area contributed by atoms with Gasteiger partial charge in [-0.1, -0.05) is 26.7 Å². The fourth-order valence-corrected chi connectivity index (χ4v) is 2.36. The Balaban J connectivity index is 4.59. The number of carbonyl (C=O) groups excluding carboxylic acids is 3. The van der Waals surface area contributed by atoms with E-state index in [0.717, 1.165) is 25.7 Å². The lowest BCUT2D eigenvalue weighted by Crippen LogP contribution is -2.44. The summed E-state index contributed by atoms with van der Waals surface area (Å²) < 4.78 is 15.7. The van der Waals surface area contributed by atoms with Crippen molar-refractivity contribution < 1.29 is 28.6 Å². The van der Waals surface area contributed by atoms with Gasteiger partial charge in [-0.2, -0.15) is 0 Å². The molecule has 0 saturated heterocycles. The molecule has 0 radical (unpaired) electrons. The lowest BCUT2D eigenvalue weighted by molar-refractivity contribution is 0.0445. The van der Waals surface area contributed by atoms with E-state index in [1.807, 2.05) is 18.7 Å². The van der Waals surface area contributed by atoms with Crippen molar-refractivity contribution in [2.24, 2.45) is 5.73 Å². The molecule has 0 aliphatic carbocycles. The number of hydrogen-bond acceptors (Lipinski definition) is 8. The molecule has 3 amide bonds. The summed E-state index contributed by atoms with van der Waals surface area (Å²) in [6.45, 7) is 6.67. The molecule has 0 fully saturated rings. The number of alkyl carbamates (subject to hydrolysis) is 2. The number of hydrogen-bond donors (Lipinski definition) is 3. The molecule has 0 aromatic rings. The average Bonchev–Trinajstić information content (AvgIpc) is 2.73. The minimum atomic E-state index is -0.549. The third-order valence-electron chi connectivity index (χ3n) is 4.24. The molecular weight excluding hydrogens is 406 g/mol. The van der Waals surface area contributed by atoms with Crippen LogP contribution in [0.3, 0.4) is 0 Å². The lowest BCUT2D eigenvalue weighted by Gasteiger charge is -2.27. The van der Waals surface area contributed by atoms with Crippen LogP contribution >= 0.6 is 0 Å². The summed E-state index contributed by atoms with van der Waals surface area (Å²) in [5.41, 5.74) is 5.75. The van der Waals surface area contributed by atoms with E-state index >= 15 is 0 Å². The zero-order valence-electron chi connectivity index (χ0n) is 19.5. The SMILES string of the molecule is CCCCNC(=O)OCCN(CCOC(=O)NCCCC)CC(CN)OC(=O)N(C)C. The van der Waals surface area contributed by atoms with Crippen molar-refractivity contribution >= 4 is 18.3 Å². The molecule has 0 rings (SSSR count). The first-order valence-corrected chi connectivity index (χ1v) is 11.0. The number of nitrogens with one attached hydrogen (secondary N) is 2. The highest BCUT2D eigenvalue weighted by Gasteiger charge is 2.19. The van der Waals surface area contributed by atoms with Crippen LogP contribution in [-0.4, -0.2) is 101 Å². The van der Waals surface area contributed by atoms with Crippen LogP contribution < -0.4 is 16.4 Å². The molecule has 11 nitrogen and oxygen atoms in total. The van der Waals surface area contributed by atoms with Gasteiger partial charge in [-0.25, -0.2) is 14.4 Å². The Labute approximate surface area is 185 Å².